The van der Waals surface area contributed by atoms with E-state index in [2.05, 4.69) is 37.5 Å². The van der Waals surface area contributed by atoms with Crippen LogP contribution in [0, 0.1) is 5.92 Å². The van der Waals surface area contributed by atoms with Gasteiger partial charge in [0.1, 0.15) is 0 Å². The molecule has 1 heterocycles. The molecule has 1 aliphatic rings. The quantitative estimate of drug-likeness (QED) is 0.642. The zero-order chi connectivity index (χ0) is 11.8. The average molecular weight is 223 g/mol. The zero-order valence-electron chi connectivity index (χ0n) is 10.7. The lowest BCUT2D eigenvalue weighted by Crippen LogP contribution is -2.41. The van der Waals surface area contributed by atoms with E-state index in [1.807, 2.05) is 6.08 Å². The summed E-state index contributed by atoms with van der Waals surface area (Å²) in [4.78, 5) is 2.47. The molecule has 0 aliphatic carbocycles. The Hall–Kier alpha value is -0.600. The molecule has 1 aliphatic heterocycles. The van der Waals surface area contributed by atoms with Crippen molar-refractivity contribution in [2.45, 2.75) is 32.7 Å². The number of morpholine rings is 1. The topological polar surface area (TPSA) is 12.5 Å². The van der Waals surface area contributed by atoms with Crippen LogP contribution >= 0.6 is 0 Å². The van der Waals surface area contributed by atoms with Gasteiger partial charge < -0.3 is 4.74 Å². The van der Waals surface area contributed by atoms with Crippen LogP contribution in [0.5, 0.6) is 0 Å². The van der Waals surface area contributed by atoms with Gasteiger partial charge in [0.05, 0.1) is 13.2 Å². The molecule has 1 saturated heterocycles. The van der Waals surface area contributed by atoms with E-state index >= 15 is 0 Å². The number of nitrogens with zero attached hydrogens (tertiary/aromatic N) is 1. The van der Waals surface area contributed by atoms with Crippen LogP contribution < -0.4 is 0 Å². The normalized spacial score (nSPS) is 22.1. The molecule has 0 aromatic rings. The van der Waals surface area contributed by atoms with Crippen LogP contribution in [0.15, 0.2) is 24.8 Å². The molecule has 0 aromatic heterocycles. The second-order valence-corrected chi connectivity index (χ2v) is 4.68. The maximum absolute atomic E-state index is 5.35. The highest BCUT2D eigenvalue weighted by atomic mass is 16.5. The first kappa shape index (κ1) is 13.5. The largest absolute Gasteiger partial charge is 0.379 e. The Morgan fingerprint density at radius 3 is 2.56 bits per heavy atom. The van der Waals surface area contributed by atoms with Crippen LogP contribution in [0.25, 0.3) is 0 Å². The predicted octanol–water partition coefficient (Wildman–Crippen LogP) is 2.87. The van der Waals surface area contributed by atoms with Gasteiger partial charge in [0.25, 0.3) is 0 Å². The maximum Gasteiger partial charge on any atom is 0.0594 e. The number of allylic oxidation sites excluding steroid dienone is 2. The first-order chi connectivity index (χ1) is 7.74. The average Bonchev–Trinajstić information content (AvgIpc) is 2.30. The summed E-state index contributed by atoms with van der Waals surface area (Å²) in [5, 5.41) is 0. The summed E-state index contributed by atoms with van der Waals surface area (Å²) >= 11 is 0. The van der Waals surface area contributed by atoms with Gasteiger partial charge in [-0.05, 0) is 25.7 Å². The molecule has 2 unspecified atom stereocenters. The number of hydrogen-bond donors (Lipinski definition) is 0. The van der Waals surface area contributed by atoms with Gasteiger partial charge in [-0.15, -0.1) is 6.58 Å². The molecule has 1 fully saturated rings. The summed E-state index contributed by atoms with van der Waals surface area (Å²) in [7, 11) is 0. The summed E-state index contributed by atoms with van der Waals surface area (Å²) in [6.45, 7) is 12.2. The van der Waals surface area contributed by atoms with E-state index in [1.54, 1.807) is 0 Å². The van der Waals surface area contributed by atoms with Gasteiger partial charge in [-0.2, -0.15) is 0 Å². The Labute approximate surface area is 100.0 Å². The number of hydrogen-bond acceptors (Lipinski definition) is 2. The van der Waals surface area contributed by atoms with Gasteiger partial charge in [0, 0.05) is 19.1 Å². The first-order valence-electron chi connectivity index (χ1n) is 6.33. The van der Waals surface area contributed by atoms with Gasteiger partial charge in [-0.3, -0.25) is 4.90 Å². The Bertz CT molecular complexity index is 219. The van der Waals surface area contributed by atoms with Crippen molar-refractivity contribution in [2.24, 2.45) is 5.92 Å². The molecule has 2 nitrogen and oxygen atoms in total. The highest BCUT2D eigenvalue weighted by molar-refractivity contribution is 4.93. The third-order valence-corrected chi connectivity index (χ3v) is 3.14. The van der Waals surface area contributed by atoms with E-state index in [0.29, 0.717) is 12.0 Å². The zero-order valence-corrected chi connectivity index (χ0v) is 10.7. The van der Waals surface area contributed by atoms with E-state index in [0.717, 1.165) is 39.1 Å². The monoisotopic (exact) mass is 223 g/mol. The summed E-state index contributed by atoms with van der Waals surface area (Å²) in [6.07, 6.45) is 8.90. The van der Waals surface area contributed by atoms with E-state index in [-0.39, 0.29) is 0 Å². The Balaban J connectivity index is 2.23. The molecule has 0 radical (unpaired) electrons. The van der Waals surface area contributed by atoms with E-state index in [9.17, 15) is 0 Å². The molecule has 0 amide bonds. The van der Waals surface area contributed by atoms with Crippen molar-refractivity contribution in [1.82, 2.24) is 4.90 Å². The lowest BCUT2D eigenvalue weighted by molar-refractivity contribution is 0.0286. The minimum Gasteiger partial charge on any atom is -0.379 e. The molecule has 0 aromatic carbocycles. The highest BCUT2D eigenvalue weighted by Crippen LogP contribution is 2.10. The third kappa shape index (κ3) is 4.95. The van der Waals surface area contributed by atoms with E-state index in [1.165, 1.54) is 0 Å². The fraction of sp³-hybridized carbons (Fsp3) is 0.714. The van der Waals surface area contributed by atoms with E-state index < -0.39 is 0 Å². The second-order valence-electron chi connectivity index (χ2n) is 4.68. The van der Waals surface area contributed by atoms with Crippen molar-refractivity contribution < 1.29 is 4.74 Å². The number of rotatable bonds is 6. The molecule has 0 spiro atoms. The molecule has 2 heteroatoms. The van der Waals surface area contributed by atoms with Crippen LogP contribution in [-0.2, 0) is 4.74 Å². The Kier molecular flexibility index (Phi) is 6.43. The maximum atomic E-state index is 5.35. The minimum absolute atomic E-state index is 0.542. The van der Waals surface area contributed by atoms with Crippen molar-refractivity contribution in [3.05, 3.63) is 24.8 Å². The van der Waals surface area contributed by atoms with Crippen molar-refractivity contribution in [3.8, 4) is 0 Å². The smallest absolute Gasteiger partial charge is 0.0594 e. The van der Waals surface area contributed by atoms with Crippen molar-refractivity contribution >= 4 is 0 Å². The summed E-state index contributed by atoms with van der Waals surface area (Å²) in [6, 6.07) is 0.542. The molecule has 92 valence electrons. The molecule has 0 bridgehead atoms. The SMILES string of the molecule is C=CCC(C)CC=CC(C)N1CCOCC1. The molecule has 2 atom stereocenters. The van der Waals surface area contributed by atoms with Gasteiger partial charge in [0.15, 0.2) is 0 Å². The van der Waals surface area contributed by atoms with Crippen molar-refractivity contribution in [1.29, 1.82) is 0 Å². The van der Waals surface area contributed by atoms with Gasteiger partial charge in [-0.25, -0.2) is 0 Å². The molecular weight excluding hydrogens is 198 g/mol. The lowest BCUT2D eigenvalue weighted by atomic mass is 10.0. The molecule has 0 N–H and O–H groups in total. The molecule has 0 saturated carbocycles. The standard InChI is InChI=1S/C14H25NO/c1-4-6-13(2)7-5-8-14(3)15-9-11-16-12-10-15/h4-5,8,13-14H,1,6-7,9-12H2,2-3H3. The Morgan fingerprint density at radius 2 is 1.94 bits per heavy atom. The first-order valence-corrected chi connectivity index (χ1v) is 6.33. The van der Waals surface area contributed by atoms with Crippen LogP contribution in [-0.4, -0.2) is 37.2 Å². The third-order valence-electron chi connectivity index (χ3n) is 3.14. The Morgan fingerprint density at radius 1 is 1.25 bits per heavy atom. The molecular formula is C14H25NO. The fourth-order valence-corrected chi connectivity index (χ4v) is 2.00. The predicted molar refractivity (Wildman–Crippen MR) is 69.6 cm³/mol. The van der Waals surface area contributed by atoms with Gasteiger partial charge >= 0.3 is 0 Å². The lowest BCUT2D eigenvalue weighted by Gasteiger charge is -2.30. The highest BCUT2D eigenvalue weighted by Gasteiger charge is 2.14. The molecule has 1 rings (SSSR count). The summed E-state index contributed by atoms with van der Waals surface area (Å²) in [5.41, 5.74) is 0. The molecule has 16 heavy (non-hydrogen) atoms. The minimum atomic E-state index is 0.542. The van der Waals surface area contributed by atoms with Crippen LogP contribution in [0.3, 0.4) is 0 Å². The van der Waals surface area contributed by atoms with Crippen LogP contribution in [0.2, 0.25) is 0 Å². The van der Waals surface area contributed by atoms with Crippen molar-refractivity contribution in [3.63, 3.8) is 0 Å². The van der Waals surface area contributed by atoms with E-state index in [4.69, 9.17) is 4.74 Å². The summed E-state index contributed by atoms with van der Waals surface area (Å²) in [5.74, 6) is 0.714. The fourth-order valence-electron chi connectivity index (χ4n) is 2.00. The number of ether oxygens (including phenoxy) is 1. The van der Waals surface area contributed by atoms with Crippen molar-refractivity contribution in [2.75, 3.05) is 26.3 Å². The van der Waals surface area contributed by atoms with Crippen LogP contribution in [0.4, 0.5) is 0 Å². The summed E-state index contributed by atoms with van der Waals surface area (Å²) < 4.78 is 5.35. The van der Waals surface area contributed by atoms with Gasteiger partial charge in [-0.1, -0.05) is 25.2 Å². The second kappa shape index (κ2) is 7.64. The van der Waals surface area contributed by atoms with Crippen LogP contribution in [0.1, 0.15) is 26.7 Å². The van der Waals surface area contributed by atoms with Gasteiger partial charge in [0.2, 0.25) is 0 Å².